The second-order valence-electron chi connectivity index (χ2n) is 3.09. The Morgan fingerprint density at radius 2 is 1.92 bits per heavy atom. The summed E-state index contributed by atoms with van der Waals surface area (Å²) in [6, 6.07) is 0. The third kappa shape index (κ3) is 9.74. The van der Waals surface area contributed by atoms with Crippen molar-refractivity contribution in [1.29, 1.82) is 0 Å². The molecule has 0 saturated heterocycles. The van der Waals surface area contributed by atoms with E-state index in [1.165, 1.54) is 19.3 Å². The topological polar surface area (TPSA) is 26.3 Å². The van der Waals surface area contributed by atoms with Crippen LogP contribution in [0.25, 0.3) is 0 Å². The van der Waals surface area contributed by atoms with Gasteiger partial charge in [-0.05, 0) is 6.42 Å². The van der Waals surface area contributed by atoms with Crippen LogP contribution >= 0.6 is 12.6 Å². The van der Waals surface area contributed by atoms with Gasteiger partial charge in [0.2, 0.25) is 0 Å². The number of hydrogen-bond acceptors (Lipinski definition) is 2. The maximum absolute atomic E-state index is 11.0. The molecule has 77 valence electrons. The minimum Gasteiger partial charge on any atom is -0.465 e. The van der Waals surface area contributed by atoms with E-state index in [0.29, 0.717) is 18.8 Å². The Morgan fingerprint density at radius 3 is 2.54 bits per heavy atom. The molecule has 2 nitrogen and oxygen atoms in total. The van der Waals surface area contributed by atoms with E-state index in [0.717, 1.165) is 12.8 Å². The summed E-state index contributed by atoms with van der Waals surface area (Å²) in [5.74, 6) is 0.406. The Morgan fingerprint density at radius 1 is 1.23 bits per heavy atom. The van der Waals surface area contributed by atoms with Crippen molar-refractivity contribution in [3.63, 3.8) is 0 Å². The summed E-state index contributed by atoms with van der Waals surface area (Å²) in [6.07, 6.45) is 6.37. The summed E-state index contributed by atoms with van der Waals surface area (Å²) in [4.78, 5) is 11.0. The third-order valence-electron chi connectivity index (χ3n) is 1.83. The lowest BCUT2D eigenvalue weighted by Crippen LogP contribution is -2.06. The molecule has 0 amide bonds. The van der Waals surface area contributed by atoms with Crippen molar-refractivity contribution in [1.82, 2.24) is 0 Å². The summed E-state index contributed by atoms with van der Waals surface area (Å²) in [7, 11) is 0. The van der Waals surface area contributed by atoms with Crippen LogP contribution in [0.4, 0.5) is 0 Å². The molecule has 0 aliphatic carbocycles. The van der Waals surface area contributed by atoms with E-state index in [2.05, 4.69) is 19.6 Å². The fourth-order valence-corrected chi connectivity index (χ4v) is 1.18. The minimum atomic E-state index is -0.0960. The SMILES string of the molecule is CCCCCCCC(=O)OCC[S]. The van der Waals surface area contributed by atoms with Crippen LogP contribution in [0.2, 0.25) is 0 Å². The Bertz CT molecular complexity index is 126. The molecule has 0 aromatic rings. The van der Waals surface area contributed by atoms with Gasteiger partial charge in [-0.3, -0.25) is 4.79 Å². The summed E-state index contributed by atoms with van der Waals surface area (Å²) < 4.78 is 4.85. The normalized spacial score (nSPS) is 10.0. The highest BCUT2D eigenvalue weighted by Crippen LogP contribution is 2.05. The summed E-state index contributed by atoms with van der Waals surface area (Å²) in [5.41, 5.74) is 0. The van der Waals surface area contributed by atoms with Crippen LogP contribution in [0.1, 0.15) is 45.4 Å². The molecule has 0 atom stereocenters. The number of carbonyl (C=O) groups is 1. The largest absolute Gasteiger partial charge is 0.465 e. The van der Waals surface area contributed by atoms with Gasteiger partial charge in [-0.25, -0.2) is 0 Å². The number of rotatable bonds is 8. The van der Waals surface area contributed by atoms with Gasteiger partial charge >= 0.3 is 5.97 Å². The first-order valence-electron chi connectivity index (χ1n) is 5.05. The first-order valence-corrected chi connectivity index (χ1v) is 5.62. The minimum absolute atomic E-state index is 0.0960. The van der Waals surface area contributed by atoms with Crippen LogP contribution in [0, 0.1) is 0 Å². The van der Waals surface area contributed by atoms with Gasteiger partial charge in [-0.2, -0.15) is 0 Å². The zero-order valence-corrected chi connectivity index (χ0v) is 9.20. The molecule has 0 N–H and O–H groups in total. The predicted molar refractivity (Wildman–Crippen MR) is 56.8 cm³/mol. The zero-order chi connectivity index (χ0) is 9.94. The number of unbranched alkanes of at least 4 members (excludes halogenated alkanes) is 4. The fraction of sp³-hybridized carbons (Fsp3) is 0.900. The smallest absolute Gasteiger partial charge is 0.305 e. The summed E-state index contributed by atoms with van der Waals surface area (Å²) in [5, 5.41) is 0. The van der Waals surface area contributed by atoms with Gasteiger partial charge < -0.3 is 4.74 Å². The second kappa shape index (κ2) is 9.90. The molecule has 0 unspecified atom stereocenters. The molecule has 0 fully saturated rings. The third-order valence-corrected chi connectivity index (χ3v) is 2.00. The Labute approximate surface area is 86.5 Å². The molecule has 0 bridgehead atoms. The Hall–Kier alpha value is -0.180. The fourth-order valence-electron chi connectivity index (χ4n) is 1.10. The van der Waals surface area contributed by atoms with Crippen LogP contribution in [-0.2, 0) is 9.53 Å². The Balaban J connectivity index is 3.08. The van der Waals surface area contributed by atoms with E-state index >= 15 is 0 Å². The lowest BCUT2D eigenvalue weighted by atomic mass is 10.1. The molecule has 0 aliphatic heterocycles. The highest BCUT2D eigenvalue weighted by Gasteiger charge is 2.00. The Kier molecular flexibility index (Phi) is 9.77. The number of ether oxygens (including phenoxy) is 1. The van der Waals surface area contributed by atoms with Gasteiger partial charge in [0.15, 0.2) is 0 Å². The zero-order valence-electron chi connectivity index (χ0n) is 8.38. The average molecular weight is 203 g/mol. The monoisotopic (exact) mass is 203 g/mol. The number of carbonyl (C=O) groups excluding carboxylic acids is 1. The van der Waals surface area contributed by atoms with E-state index in [4.69, 9.17) is 4.74 Å². The van der Waals surface area contributed by atoms with Crippen molar-refractivity contribution < 1.29 is 9.53 Å². The van der Waals surface area contributed by atoms with Crippen LogP contribution in [-0.4, -0.2) is 18.3 Å². The van der Waals surface area contributed by atoms with Gasteiger partial charge in [0.05, 0.1) is 0 Å². The first kappa shape index (κ1) is 12.8. The van der Waals surface area contributed by atoms with E-state index in [1.807, 2.05) is 0 Å². The van der Waals surface area contributed by atoms with Crippen molar-refractivity contribution in [2.45, 2.75) is 45.4 Å². The molecule has 0 aromatic carbocycles. The van der Waals surface area contributed by atoms with Crippen LogP contribution in [0.3, 0.4) is 0 Å². The molecule has 0 spiro atoms. The van der Waals surface area contributed by atoms with Crippen molar-refractivity contribution >= 4 is 18.6 Å². The lowest BCUT2D eigenvalue weighted by molar-refractivity contribution is -0.143. The molecular weight excluding hydrogens is 184 g/mol. The summed E-state index contributed by atoms with van der Waals surface area (Å²) >= 11 is 4.66. The van der Waals surface area contributed by atoms with Gasteiger partial charge in [0.1, 0.15) is 6.61 Å². The molecule has 0 aromatic heterocycles. The van der Waals surface area contributed by atoms with Crippen LogP contribution in [0.15, 0.2) is 0 Å². The lowest BCUT2D eigenvalue weighted by Gasteiger charge is -2.01. The molecule has 0 saturated carbocycles. The van der Waals surface area contributed by atoms with Gasteiger partial charge in [-0.1, -0.05) is 45.2 Å². The van der Waals surface area contributed by atoms with E-state index in [-0.39, 0.29) is 5.97 Å². The second-order valence-corrected chi connectivity index (χ2v) is 3.50. The molecule has 1 radical (unpaired) electrons. The average Bonchev–Trinajstić information content (AvgIpc) is 2.14. The van der Waals surface area contributed by atoms with E-state index < -0.39 is 0 Å². The summed E-state index contributed by atoms with van der Waals surface area (Å²) in [6.45, 7) is 2.57. The van der Waals surface area contributed by atoms with Crippen molar-refractivity contribution in [2.75, 3.05) is 12.4 Å². The van der Waals surface area contributed by atoms with Crippen LogP contribution in [0.5, 0.6) is 0 Å². The van der Waals surface area contributed by atoms with Crippen molar-refractivity contribution in [3.05, 3.63) is 0 Å². The molecule has 13 heavy (non-hydrogen) atoms. The van der Waals surface area contributed by atoms with Crippen LogP contribution < -0.4 is 0 Å². The maximum Gasteiger partial charge on any atom is 0.305 e. The molecule has 0 aliphatic rings. The molecule has 0 rings (SSSR count). The van der Waals surface area contributed by atoms with E-state index in [1.54, 1.807) is 0 Å². The number of hydrogen-bond donors (Lipinski definition) is 0. The molecule has 3 heteroatoms. The molecule has 0 heterocycles. The number of esters is 1. The maximum atomic E-state index is 11.0. The standard InChI is InChI=1S/C10H19O2S/c1-2-3-4-5-6-7-10(11)12-8-9-13/h2-9H2,1H3. The van der Waals surface area contributed by atoms with Gasteiger partial charge in [0, 0.05) is 12.2 Å². The van der Waals surface area contributed by atoms with Crippen molar-refractivity contribution in [3.8, 4) is 0 Å². The molecular formula is C10H19O2S. The predicted octanol–water partition coefficient (Wildman–Crippen LogP) is 3.09. The van der Waals surface area contributed by atoms with Gasteiger partial charge in [-0.15, -0.1) is 0 Å². The van der Waals surface area contributed by atoms with Crippen molar-refractivity contribution in [2.24, 2.45) is 0 Å². The van der Waals surface area contributed by atoms with Gasteiger partial charge in [0.25, 0.3) is 0 Å². The quantitative estimate of drug-likeness (QED) is 0.447. The highest BCUT2D eigenvalue weighted by molar-refractivity contribution is 7.80. The highest BCUT2D eigenvalue weighted by atomic mass is 32.1. The first-order chi connectivity index (χ1) is 6.31. The van der Waals surface area contributed by atoms with E-state index in [9.17, 15) is 4.79 Å².